The van der Waals surface area contributed by atoms with Crippen molar-refractivity contribution in [3.05, 3.63) is 76.4 Å². The molecule has 0 spiro atoms. The van der Waals surface area contributed by atoms with Gasteiger partial charge in [0, 0.05) is 74.6 Å². The smallest absolute Gasteiger partial charge is 0.416 e. The first-order chi connectivity index (χ1) is 38.2. The molecule has 4 rings (SSSR count). The summed E-state index contributed by atoms with van der Waals surface area (Å²) >= 11 is 0. The molecule has 0 radical (unpaired) electrons. The summed E-state index contributed by atoms with van der Waals surface area (Å²) in [6.07, 6.45) is -0.304. The van der Waals surface area contributed by atoms with E-state index in [9.17, 15) is 48.5 Å². The summed E-state index contributed by atoms with van der Waals surface area (Å²) in [4.78, 5) is 112. The number of benzene rings is 2. The third-order valence-corrected chi connectivity index (χ3v) is 11.1. The Kier molecular flexibility index (Phi) is 30.8. The van der Waals surface area contributed by atoms with E-state index in [1.807, 2.05) is 0 Å². The zero-order valence-electron chi connectivity index (χ0n) is 44.4. The Morgan fingerprint density at radius 2 is 1.09 bits per heavy atom. The van der Waals surface area contributed by atoms with E-state index in [4.69, 9.17) is 52.1 Å². The molecule has 2 aromatic carbocycles. The molecule has 0 aromatic heterocycles. The molecule has 1 fully saturated rings. The van der Waals surface area contributed by atoms with Gasteiger partial charge in [-0.05, 0) is 38.1 Å². The second-order valence-corrected chi connectivity index (χ2v) is 17.1. The Morgan fingerprint density at radius 1 is 0.608 bits per heavy atom. The minimum absolute atomic E-state index is 0.0176. The highest BCUT2D eigenvalue weighted by Crippen LogP contribution is 2.25. The first-order valence-corrected chi connectivity index (χ1v) is 25.6. The van der Waals surface area contributed by atoms with Crippen LogP contribution in [0.2, 0.25) is 0 Å². The normalized spacial score (nSPS) is 14.3. The maximum Gasteiger partial charge on any atom is 0.514 e. The van der Waals surface area contributed by atoms with Crippen LogP contribution in [-0.4, -0.2) is 219 Å². The van der Waals surface area contributed by atoms with Gasteiger partial charge in [-0.3, -0.25) is 48.6 Å². The number of ether oxygens (including phenoxy) is 11. The van der Waals surface area contributed by atoms with Crippen molar-refractivity contribution in [2.24, 2.45) is 0 Å². The van der Waals surface area contributed by atoms with Crippen molar-refractivity contribution < 1.29 is 95.4 Å². The van der Waals surface area contributed by atoms with E-state index in [1.165, 1.54) is 67.3 Å². The monoisotopic (exact) mass is 1120 g/mol. The van der Waals surface area contributed by atoms with E-state index in [0.717, 1.165) is 17.0 Å². The maximum absolute atomic E-state index is 13.5. The van der Waals surface area contributed by atoms with Crippen LogP contribution in [0.5, 0.6) is 5.75 Å². The van der Waals surface area contributed by atoms with Gasteiger partial charge in [-0.2, -0.15) is 0 Å². The van der Waals surface area contributed by atoms with Crippen LogP contribution >= 0.6 is 0 Å². The Morgan fingerprint density at radius 3 is 1.59 bits per heavy atom. The van der Waals surface area contributed by atoms with E-state index >= 15 is 0 Å². The molecule has 79 heavy (non-hydrogen) atoms. The van der Waals surface area contributed by atoms with Gasteiger partial charge < -0.3 is 78.3 Å². The number of hydrogen-bond acceptors (Lipinski definition) is 21. The minimum atomic E-state index is -1.44. The van der Waals surface area contributed by atoms with Crippen molar-refractivity contribution in [1.82, 2.24) is 25.8 Å². The summed E-state index contributed by atoms with van der Waals surface area (Å²) in [5, 5.41) is 21.4. The fourth-order valence-electron chi connectivity index (χ4n) is 6.86. The molecule has 2 aromatic rings. The first kappa shape index (κ1) is 64.5. The summed E-state index contributed by atoms with van der Waals surface area (Å²) in [6.45, 7) is 9.82. The van der Waals surface area contributed by atoms with Crippen molar-refractivity contribution in [1.29, 1.82) is 0 Å². The number of carbonyl (C=O) groups is 8. The fraction of sp³-hybridized carbons (Fsp3) is 0.569. The number of morpholine rings is 1. The predicted molar refractivity (Wildman–Crippen MR) is 275 cm³/mol. The Labute approximate surface area is 456 Å². The minimum Gasteiger partial charge on any atom is -0.416 e. The van der Waals surface area contributed by atoms with Gasteiger partial charge in [0.05, 0.1) is 124 Å². The molecule has 0 saturated carbocycles. The number of rotatable bonds is 40. The van der Waals surface area contributed by atoms with Crippen LogP contribution < -0.4 is 26.0 Å². The number of nitrogens with zero attached hydrogens (tertiary/aromatic N) is 3. The first-order valence-electron chi connectivity index (χ1n) is 25.6. The molecule has 28 heteroatoms. The van der Waals surface area contributed by atoms with Crippen molar-refractivity contribution in [2.75, 3.05) is 150 Å². The Bertz CT molecular complexity index is 2250. The van der Waals surface area contributed by atoms with Crippen LogP contribution in [0.4, 0.5) is 16.2 Å². The largest absolute Gasteiger partial charge is 0.514 e. The van der Waals surface area contributed by atoms with Crippen molar-refractivity contribution in [3.63, 3.8) is 0 Å². The Balaban J connectivity index is 0.923. The predicted octanol–water partition coefficient (Wildman–Crippen LogP) is 0.612. The van der Waals surface area contributed by atoms with E-state index in [1.54, 1.807) is 0 Å². The number of anilines is 1. The summed E-state index contributed by atoms with van der Waals surface area (Å²) in [5.74, 6) is -3.31. The molecule has 1 saturated heterocycles. The van der Waals surface area contributed by atoms with Crippen LogP contribution in [0.3, 0.4) is 0 Å². The van der Waals surface area contributed by atoms with E-state index in [0.29, 0.717) is 98.1 Å². The molecule has 2 aliphatic heterocycles. The molecular weight excluding hydrogens is 1050 g/mol. The van der Waals surface area contributed by atoms with Crippen LogP contribution in [-0.2, 0) is 80.9 Å². The SMILES string of the molecule is C[C@H](NC(=O)CCOCCOCCOCCOCCOCCOCCOCCOCCNC(=O)CCN1C(=O)C=CC1=O)C(=O)N[C@@H](C)C(=O)Nc1ccc(C(OC(=O)Oc2ccc([N+](=O)[O-])cc2)C(=O)N2CCOCC2)cc1. The lowest BCUT2D eigenvalue weighted by Crippen LogP contribution is -2.50. The fourth-order valence-corrected chi connectivity index (χ4v) is 6.86. The second-order valence-electron chi connectivity index (χ2n) is 17.1. The highest BCUT2D eigenvalue weighted by Gasteiger charge is 2.32. The third kappa shape index (κ3) is 26.5. The van der Waals surface area contributed by atoms with Gasteiger partial charge in [0.25, 0.3) is 23.4 Å². The molecule has 28 nitrogen and oxygen atoms in total. The van der Waals surface area contributed by atoms with E-state index < -0.39 is 64.7 Å². The van der Waals surface area contributed by atoms with Gasteiger partial charge in [0.15, 0.2) is 0 Å². The molecule has 3 atom stereocenters. The topological polar surface area (TPSA) is 336 Å². The molecule has 1 unspecified atom stereocenters. The molecule has 436 valence electrons. The lowest BCUT2D eigenvalue weighted by Gasteiger charge is -2.30. The third-order valence-electron chi connectivity index (χ3n) is 11.1. The highest BCUT2D eigenvalue weighted by molar-refractivity contribution is 6.13. The summed E-state index contributed by atoms with van der Waals surface area (Å²) < 4.78 is 59.6. The molecule has 0 bridgehead atoms. The average Bonchev–Trinajstić information content (AvgIpc) is 3.78. The van der Waals surface area contributed by atoms with Crippen molar-refractivity contribution in [2.45, 2.75) is 44.9 Å². The van der Waals surface area contributed by atoms with E-state index in [2.05, 4.69) is 21.3 Å². The lowest BCUT2D eigenvalue weighted by molar-refractivity contribution is -0.384. The Hall–Kier alpha value is -7.02. The van der Waals surface area contributed by atoms with Gasteiger partial charge >= 0.3 is 6.16 Å². The summed E-state index contributed by atoms with van der Waals surface area (Å²) in [7, 11) is 0. The molecular formula is C51H71N7O21. The van der Waals surface area contributed by atoms with Gasteiger partial charge in [-0.25, -0.2) is 4.79 Å². The van der Waals surface area contributed by atoms with Crippen molar-refractivity contribution >= 4 is 58.9 Å². The van der Waals surface area contributed by atoms with Gasteiger partial charge in [0.1, 0.15) is 17.8 Å². The molecule has 7 amide bonds. The summed E-state index contributed by atoms with van der Waals surface area (Å²) in [5.41, 5.74) is 0.346. The number of carbonyl (C=O) groups excluding carboxylic acids is 8. The number of hydrogen-bond donors (Lipinski definition) is 4. The lowest BCUT2D eigenvalue weighted by atomic mass is 10.1. The van der Waals surface area contributed by atoms with Crippen LogP contribution in [0, 0.1) is 10.1 Å². The highest BCUT2D eigenvalue weighted by atomic mass is 16.7. The zero-order valence-corrected chi connectivity index (χ0v) is 44.4. The number of imide groups is 1. The quantitative estimate of drug-likeness (QED) is 0.0177. The standard InChI is InChI=1S/C51H71N7O21/c1-37(48(63)54-38(2)49(64)55-40-5-3-39(4-6-40)47(50(65)56-17-21-71-22-18-56)79-51(66)78-42-9-7-41(8-10-42)58(67)68)53-44(60)14-19-69-23-25-72-27-29-74-31-33-76-35-36-77-34-32-75-30-28-73-26-24-70-20-15-52-43(59)13-16-57-45(61)11-12-46(57)62/h3-12,37-38,47H,13-36H2,1-2H3,(H,52,59)(H,53,60)(H,54,63)(H,55,64)/t37-,38-,47?/m0/s1. The number of nitro benzene ring substituents is 1. The number of amides is 7. The van der Waals surface area contributed by atoms with Gasteiger partial charge in [0.2, 0.25) is 29.7 Å². The molecule has 2 aliphatic rings. The maximum atomic E-state index is 13.5. The van der Waals surface area contributed by atoms with Gasteiger partial charge in [-0.1, -0.05) is 12.1 Å². The van der Waals surface area contributed by atoms with Crippen LogP contribution in [0.1, 0.15) is 38.4 Å². The number of non-ortho nitro benzene ring substituents is 1. The number of nitro groups is 1. The molecule has 4 N–H and O–H groups in total. The summed E-state index contributed by atoms with van der Waals surface area (Å²) in [6, 6.07) is 8.64. The van der Waals surface area contributed by atoms with Crippen LogP contribution in [0.15, 0.2) is 60.7 Å². The number of nitrogens with one attached hydrogen (secondary N) is 4. The second kappa shape index (κ2) is 37.7. The van der Waals surface area contributed by atoms with Crippen molar-refractivity contribution in [3.8, 4) is 5.75 Å². The molecule has 2 heterocycles. The average molecular weight is 1120 g/mol. The van der Waals surface area contributed by atoms with Gasteiger partial charge in [-0.15, -0.1) is 0 Å². The molecule has 0 aliphatic carbocycles. The van der Waals surface area contributed by atoms with E-state index in [-0.39, 0.29) is 88.4 Å². The zero-order chi connectivity index (χ0) is 57.0. The van der Waals surface area contributed by atoms with Crippen LogP contribution in [0.25, 0.3) is 0 Å².